The first-order valence-corrected chi connectivity index (χ1v) is 32.3. The molecule has 0 saturated carbocycles. The molecule has 0 aliphatic heterocycles. The molecule has 2 N–H and O–H groups in total. The Morgan fingerprint density at radius 1 is 0.372 bits per heavy atom. The lowest BCUT2D eigenvalue weighted by Gasteiger charge is -2.21. The minimum atomic E-state index is -4.78. The predicted molar refractivity (Wildman–Crippen MR) is 325 cm³/mol. The van der Waals surface area contributed by atoms with Crippen molar-refractivity contribution in [2.75, 3.05) is 26.4 Å². The van der Waals surface area contributed by atoms with Crippen LogP contribution in [0.15, 0.2) is 109 Å². The Morgan fingerprint density at radius 3 is 1.12 bits per heavy atom. The summed E-state index contributed by atoms with van der Waals surface area (Å²) in [7, 11) is -4.78. The smallest absolute Gasteiger partial charge is 0.462 e. The van der Waals surface area contributed by atoms with Gasteiger partial charge in [-0.05, 0) is 122 Å². The number of hydrogen-bond acceptors (Lipinski definition) is 10. The lowest BCUT2D eigenvalue weighted by atomic mass is 10.1. The van der Waals surface area contributed by atoms with E-state index in [1.54, 1.807) is 0 Å². The summed E-state index contributed by atoms with van der Waals surface area (Å²) >= 11 is 0. The van der Waals surface area contributed by atoms with E-state index in [1.165, 1.54) is 64.2 Å². The molecule has 0 saturated heterocycles. The summed E-state index contributed by atoms with van der Waals surface area (Å²) in [5.74, 6) is -1.55. The van der Waals surface area contributed by atoms with Gasteiger partial charge in [0, 0.05) is 19.3 Å². The van der Waals surface area contributed by atoms with Gasteiger partial charge < -0.3 is 24.2 Å². The molecule has 11 nitrogen and oxygen atoms in total. The van der Waals surface area contributed by atoms with Gasteiger partial charge in [-0.1, -0.05) is 220 Å². The minimum Gasteiger partial charge on any atom is -0.462 e. The second kappa shape index (κ2) is 59.3. The van der Waals surface area contributed by atoms with E-state index in [0.29, 0.717) is 25.7 Å². The van der Waals surface area contributed by atoms with Gasteiger partial charge in [0.1, 0.15) is 12.7 Å². The van der Waals surface area contributed by atoms with E-state index in [0.717, 1.165) is 122 Å². The molecule has 3 atom stereocenters. The highest BCUT2D eigenvalue weighted by Gasteiger charge is 2.28. The summed E-state index contributed by atoms with van der Waals surface area (Å²) < 4.78 is 39.5. The molecule has 0 aromatic heterocycles. The van der Waals surface area contributed by atoms with Crippen LogP contribution in [0.4, 0.5) is 0 Å². The predicted octanol–water partition coefficient (Wildman–Crippen LogP) is 18.6. The number of aliphatic hydroxyl groups excluding tert-OH is 1. The van der Waals surface area contributed by atoms with Crippen LogP contribution >= 0.6 is 7.82 Å². The third-order valence-corrected chi connectivity index (χ3v) is 13.6. The van der Waals surface area contributed by atoms with Crippen LogP contribution in [0, 0.1) is 0 Å². The van der Waals surface area contributed by atoms with Gasteiger partial charge in [-0.15, -0.1) is 0 Å². The summed E-state index contributed by atoms with van der Waals surface area (Å²) in [5.41, 5.74) is 0. The van der Waals surface area contributed by atoms with E-state index in [2.05, 4.69) is 118 Å². The standard InChI is InChI=1S/C66H111O11P/c1-4-7-10-13-16-19-22-25-28-30-31-33-36-39-42-45-48-51-54-57-66(70)77-63(59-73-64(68)55-52-49-46-43-40-37-34-27-24-21-18-15-12-9-6-3)61-75-78(71,72)74-60-62(58-67)76-65(69)56-53-50-47-44-41-38-35-32-29-26-23-20-17-14-11-8-5-2/h8,11,16-17,19-20,25-29,31,33-35,38,44,47,62-63,67H,4-7,9-10,12-15,18,21-24,30,32,36-37,39-43,45-46,48-61H2,1-3H3,(H,71,72)/b11-8-,19-16-,20-17-,28-25-,29-26-,33-31-,34-27-,38-35-,47-44-. The minimum absolute atomic E-state index is 0.0927. The molecular formula is C66H111O11P. The van der Waals surface area contributed by atoms with Gasteiger partial charge in [0.05, 0.1) is 19.8 Å². The Labute approximate surface area is 475 Å². The second-order valence-electron chi connectivity index (χ2n) is 20.1. The van der Waals surface area contributed by atoms with Crippen molar-refractivity contribution in [2.24, 2.45) is 0 Å². The summed E-state index contributed by atoms with van der Waals surface area (Å²) in [6.07, 6.45) is 71.9. The van der Waals surface area contributed by atoms with Crippen LogP contribution in [-0.2, 0) is 42.2 Å². The zero-order valence-electron chi connectivity index (χ0n) is 49.3. The van der Waals surface area contributed by atoms with E-state index in [9.17, 15) is 28.9 Å². The maximum atomic E-state index is 12.9. The first-order chi connectivity index (χ1) is 38.2. The van der Waals surface area contributed by atoms with Crippen molar-refractivity contribution in [1.82, 2.24) is 0 Å². The first-order valence-electron chi connectivity index (χ1n) is 30.8. The Kier molecular flexibility index (Phi) is 56.3. The number of esters is 3. The number of phosphoric ester groups is 1. The highest BCUT2D eigenvalue weighted by Crippen LogP contribution is 2.43. The fourth-order valence-corrected chi connectivity index (χ4v) is 8.77. The third-order valence-electron chi connectivity index (χ3n) is 12.6. The van der Waals surface area contributed by atoms with E-state index in [4.69, 9.17) is 23.3 Å². The van der Waals surface area contributed by atoms with Gasteiger partial charge in [0.2, 0.25) is 0 Å². The molecule has 0 aliphatic rings. The average Bonchev–Trinajstić information content (AvgIpc) is 3.43. The molecule has 3 unspecified atom stereocenters. The molecule has 0 heterocycles. The van der Waals surface area contributed by atoms with Crippen molar-refractivity contribution in [3.05, 3.63) is 109 Å². The largest absolute Gasteiger partial charge is 0.472 e. The van der Waals surface area contributed by atoms with Gasteiger partial charge in [0.15, 0.2) is 6.10 Å². The van der Waals surface area contributed by atoms with E-state index in [1.807, 2.05) is 12.2 Å². The normalized spacial score (nSPS) is 14.1. The Hall–Kier alpha value is -3.86. The first kappa shape index (κ1) is 74.1. The van der Waals surface area contributed by atoms with Crippen molar-refractivity contribution >= 4 is 25.7 Å². The van der Waals surface area contributed by atoms with E-state index < -0.39 is 57.8 Å². The van der Waals surface area contributed by atoms with Crippen molar-refractivity contribution in [3.8, 4) is 0 Å². The number of carbonyl (C=O) groups is 3. The summed E-state index contributed by atoms with van der Waals surface area (Å²) in [5, 5.41) is 9.83. The van der Waals surface area contributed by atoms with Crippen LogP contribution in [0.1, 0.15) is 252 Å². The molecule has 0 aromatic carbocycles. The molecule has 0 bridgehead atoms. The highest BCUT2D eigenvalue weighted by atomic mass is 31.2. The molecule has 0 spiro atoms. The van der Waals surface area contributed by atoms with Crippen LogP contribution in [0.5, 0.6) is 0 Å². The van der Waals surface area contributed by atoms with Crippen LogP contribution in [0.2, 0.25) is 0 Å². The van der Waals surface area contributed by atoms with Gasteiger partial charge in [-0.25, -0.2) is 4.57 Å². The molecule has 0 fully saturated rings. The number of phosphoric acid groups is 1. The van der Waals surface area contributed by atoms with Gasteiger partial charge >= 0.3 is 25.7 Å². The lowest BCUT2D eigenvalue weighted by molar-refractivity contribution is -0.161. The Balaban J connectivity index is 4.81. The van der Waals surface area contributed by atoms with Gasteiger partial charge in [-0.3, -0.25) is 23.4 Å². The quantitative estimate of drug-likeness (QED) is 0.0197. The highest BCUT2D eigenvalue weighted by molar-refractivity contribution is 7.47. The fraction of sp³-hybridized carbons (Fsp3) is 0.682. The van der Waals surface area contributed by atoms with Crippen molar-refractivity contribution in [3.63, 3.8) is 0 Å². The van der Waals surface area contributed by atoms with E-state index >= 15 is 0 Å². The second-order valence-corrected chi connectivity index (χ2v) is 21.6. The Morgan fingerprint density at radius 2 is 0.679 bits per heavy atom. The fourth-order valence-electron chi connectivity index (χ4n) is 7.98. The van der Waals surface area contributed by atoms with Crippen LogP contribution in [0.3, 0.4) is 0 Å². The maximum absolute atomic E-state index is 12.9. The molecule has 0 aliphatic carbocycles. The number of aliphatic hydroxyl groups is 1. The zero-order chi connectivity index (χ0) is 56.9. The molecule has 78 heavy (non-hydrogen) atoms. The maximum Gasteiger partial charge on any atom is 0.472 e. The number of rotatable bonds is 56. The topological polar surface area (TPSA) is 155 Å². The van der Waals surface area contributed by atoms with Crippen molar-refractivity contribution in [2.45, 2.75) is 264 Å². The van der Waals surface area contributed by atoms with Gasteiger partial charge in [0.25, 0.3) is 0 Å². The number of carbonyl (C=O) groups excluding carboxylic acids is 3. The molecule has 446 valence electrons. The lowest BCUT2D eigenvalue weighted by Crippen LogP contribution is -2.30. The number of unbranched alkanes of at least 4 members (excludes halogenated alkanes) is 21. The van der Waals surface area contributed by atoms with Crippen molar-refractivity contribution in [1.29, 1.82) is 0 Å². The summed E-state index contributed by atoms with van der Waals surface area (Å²) in [6.45, 7) is 4.42. The molecule has 0 amide bonds. The molecule has 12 heteroatoms. The van der Waals surface area contributed by atoms with Crippen molar-refractivity contribution < 1.29 is 52.2 Å². The Bertz CT molecular complexity index is 1720. The zero-order valence-corrected chi connectivity index (χ0v) is 50.2. The van der Waals surface area contributed by atoms with Crippen LogP contribution in [0.25, 0.3) is 0 Å². The summed E-state index contributed by atoms with van der Waals surface area (Å²) in [4.78, 5) is 48.7. The SMILES string of the molecule is CC/C=C\C/C=C\C/C=C\C/C=C\C/C=C\CCCC(=O)OC(CO)COP(=O)(O)OCC(COC(=O)CCCCCCC/C=C\CCCCCCCC)OC(=O)CCCCCCCC/C=C\C/C=C\C/C=C\CCCCC. The molecule has 0 radical (unpaired) electrons. The van der Waals surface area contributed by atoms with Gasteiger partial charge in [-0.2, -0.15) is 0 Å². The summed E-state index contributed by atoms with van der Waals surface area (Å²) in [6, 6.07) is 0. The van der Waals surface area contributed by atoms with E-state index in [-0.39, 0.29) is 25.9 Å². The number of allylic oxidation sites excluding steroid dienone is 18. The van der Waals surface area contributed by atoms with Crippen LogP contribution in [-0.4, -0.2) is 66.5 Å². The molecular weight excluding hydrogens is 1000 g/mol. The third kappa shape index (κ3) is 56.8. The number of hydrogen-bond donors (Lipinski definition) is 2. The monoisotopic (exact) mass is 1110 g/mol. The molecule has 0 aromatic rings. The average molecular weight is 1110 g/mol. The van der Waals surface area contributed by atoms with Crippen LogP contribution < -0.4 is 0 Å². The number of ether oxygens (including phenoxy) is 3. The molecule has 0 rings (SSSR count).